The average molecular weight is 423 g/mol. The maximum absolute atomic E-state index is 13.7. The summed E-state index contributed by atoms with van der Waals surface area (Å²) in [5, 5.41) is 2.95. The highest BCUT2D eigenvalue weighted by Gasteiger charge is 2.46. The molecule has 7 nitrogen and oxygen atoms in total. The molecule has 3 heterocycles. The van der Waals surface area contributed by atoms with Crippen molar-refractivity contribution in [3.8, 4) is 5.75 Å². The zero-order chi connectivity index (χ0) is 21.3. The molecule has 4 rings (SSSR count). The van der Waals surface area contributed by atoms with E-state index in [2.05, 4.69) is 5.32 Å². The Kier molecular flexibility index (Phi) is 5.81. The van der Waals surface area contributed by atoms with E-state index < -0.39 is 17.2 Å². The lowest BCUT2D eigenvalue weighted by molar-refractivity contribution is -0.156. The van der Waals surface area contributed by atoms with Gasteiger partial charge in [0.1, 0.15) is 12.4 Å². The zero-order valence-electron chi connectivity index (χ0n) is 17.0. The Morgan fingerprint density at radius 3 is 2.77 bits per heavy atom. The number of carbonyl (C=O) groups is 2. The average Bonchev–Trinajstić information content (AvgIpc) is 2.73. The molecule has 0 radical (unpaired) electrons. The Balaban J connectivity index is 1.26. The van der Waals surface area contributed by atoms with E-state index in [1.54, 1.807) is 4.90 Å². The largest absolute Gasteiger partial charge is 0.490 e. The van der Waals surface area contributed by atoms with E-state index in [1.165, 1.54) is 12.1 Å². The second-order valence-corrected chi connectivity index (χ2v) is 8.52. The molecule has 1 aromatic rings. The lowest BCUT2D eigenvalue weighted by atomic mass is 9.87. The molecule has 1 N–H and O–H groups in total. The number of piperidine rings is 2. The minimum absolute atomic E-state index is 0.0270. The quantitative estimate of drug-likeness (QED) is 0.809. The first kappa shape index (κ1) is 20.8. The molecule has 0 aliphatic carbocycles. The Morgan fingerprint density at radius 1 is 1.27 bits per heavy atom. The van der Waals surface area contributed by atoms with Gasteiger partial charge in [0.15, 0.2) is 11.6 Å². The first-order chi connectivity index (χ1) is 14.3. The van der Waals surface area contributed by atoms with Crippen LogP contribution >= 0.6 is 0 Å². The number of nitrogens with one attached hydrogen (secondary N) is 1. The van der Waals surface area contributed by atoms with Crippen LogP contribution in [0.1, 0.15) is 26.2 Å². The first-order valence-electron chi connectivity index (χ1n) is 10.4. The molecule has 30 heavy (non-hydrogen) atoms. The fourth-order valence-electron chi connectivity index (χ4n) is 4.34. The number of nitrogens with zero attached hydrogens (tertiary/aromatic N) is 2. The van der Waals surface area contributed by atoms with Gasteiger partial charge in [-0.15, -0.1) is 0 Å². The molecular weight excluding hydrogens is 396 g/mol. The number of urea groups is 1. The van der Waals surface area contributed by atoms with Gasteiger partial charge in [0.25, 0.3) is 0 Å². The van der Waals surface area contributed by atoms with E-state index in [1.807, 2.05) is 11.8 Å². The van der Waals surface area contributed by atoms with Gasteiger partial charge in [0.05, 0.1) is 18.2 Å². The monoisotopic (exact) mass is 423 g/mol. The number of hydrogen-bond donors (Lipinski definition) is 1. The molecule has 3 amide bonds. The maximum Gasteiger partial charge on any atom is 0.320 e. The first-order valence-corrected chi connectivity index (χ1v) is 10.4. The summed E-state index contributed by atoms with van der Waals surface area (Å²) in [6.45, 7) is 4.60. The van der Waals surface area contributed by atoms with Crippen LogP contribution in [-0.4, -0.2) is 72.8 Å². The summed E-state index contributed by atoms with van der Waals surface area (Å²) < 4.78 is 37.9. The van der Waals surface area contributed by atoms with Gasteiger partial charge in [-0.05, 0) is 44.2 Å². The van der Waals surface area contributed by atoms with Crippen LogP contribution < -0.4 is 10.1 Å². The zero-order valence-corrected chi connectivity index (χ0v) is 17.0. The van der Waals surface area contributed by atoms with Crippen LogP contribution in [0.3, 0.4) is 0 Å². The molecule has 3 aliphatic heterocycles. The molecule has 164 valence electrons. The van der Waals surface area contributed by atoms with E-state index in [9.17, 15) is 18.4 Å². The Hall–Kier alpha value is -2.42. The summed E-state index contributed by atoms with van der Waals surface area (Å²) in [5.74, 6) is -1.25. The number of amides is 3. The second kappa shape index (κ2) is 8.37. The number of ether oxygens (including phenoxy) is 2. The molecule has 0 spiro atoms. The van der Waals surface area contributed by atoms with E-state index in [-0.39, 0.29) is 36.3 Å². The normalized spacial score (nSPS) is 27.4. The minimum atomic E-state index is -0.710. The van der Waals surface area contributed by atoms with E-state index in [4.69, 9.17) is 9.47 Å². The number of rotatable bonds is 3. The highest BCUT2D eigenvalue weighted by Crippen LogP contribution is 2.30. The highest BCUT2D eigenvalue weighted by atomic mass is 19.1. The van der Waals surface area contributed by atoms with Crippen molar-refractivity contribution in [2.75, 3.05) is 39.4 Å². The van der Waals surface area contributed by atoms with Gasteiger partial charge < -0.3 is 24.6 Å². The number of likely N-dealkylation sites (tertiary alicyclic amines) is 2. The van der Waals surface area contributed by atoms with Gasteiger partial charge in [-0.25, -0.2) is 13.6 Å². The predicted octanol–water partition coefficient (Wildman–Crippen LogP) is 2.16. The second-order valence-electron chi connectivity index (χ2n) is 8.52. The van der Waals surface area contributed by atoms with Gasteiger partial charge in [-0.3, -0.25) is 4.79 Å². The molecule has 9 heteroatoms. The van der Waals surface area contributed by atoms with Crippen molar-refractivity contribution in [2.24, 2.45) is 5.92 Å². The number of fused-ring (bicyclic) bond motifs is 1. The smallest absolute Gasteiger partial charge is 0.320 e. The molecule has 0 aromatic heterocycles. The Labute approximate surface area is 174 Å². The van der Waals surface area contributed by atoms with Crippen LogP contribution in [0, 0.1) is 17.6 Å². The number of benzene rings is 1. The van der Waals surface area contributed by atoms with E-state index in [0.717, 1.165) is 18.9 Å². The number of morpholine rings is 1. The molecule has 3 saturated heterocycles. The molecule has 0 unspecified atom stereocenters. The van der Waals surface area contributed by atoms with Crippen LogP contribution in [0.25, 0.3) is 0 Å². The molecule has 2 atom stereocenters. The minimum Gasteiger partial charge on any atom is -0.490 e. The fourth-order valence-corrected chi connectivity index (χ4v) is 4.34. The van der Waals surface area contributed by atoms with Crippen LogP contribution in [-0.2, 0) is 9.53 Å². The van der Waals surface area contributed by atoms with Crippen molar-refractivity contribution in [3.63, 3.8) is 0 Å². The molecule has 0 bridgehead atoms. The van der Waals surface area contributed by atoms with Crippen molar-refractivity contribution < 1.29 is 27.8 Å². The van der Waals surface area contributed by atoms with E-state index in [0.29, 0.717) is 39.2 Å². The molecule has 1 aromatic carbocycles. The molecular formula is C21H27F2N3O4. The van der Waals surface area contributed by atoms with Crippen molar-refractivity contribution in [3.05, 3.63) is 29.8 Å². The van der Waals surface area contributed by atoms with Crippen molar-refractivity contribution in [2.45, 2.75) is 37.8 Å². The lowest BCUT2D eigenvalue weighted by Crippen LogP contribution is -2.67. The van der Waals surface area contributed by atoms with Crippen LogP contribution in [0.2, 0.25) is 0 Å². The van der Waals surface area contributed by atoms with E-state index >= 15 is 0 Å². The third kappa shape index (κ3) is 4.35. The molecule has 0 saturated carbocycles. The summed E-state index contributed by atoms with van der Waals surface area (Å²) in [5.41, 5.74) is -0.426. The summed E-state index contributed by atoms with van der Waals surface area (Å²) in [6, 6.07) is 3.04. The van der Waals surface area contributed by atoms with Crippen LogP contribution in [0.5, 0.6) is 5.75 Å². The fraction of sp³-hybridized carbons (Fsp3) is 0.619. The summed E-state index contributed by atoms with van der Waals surface area (Å²) >= 11 is 0. The maximum atomic E-state index is 13.7. The molecule has 3 aliphatic rings. The standard InChI is InChI=1S/C21H27F2N3O4/c1-21-6-9-26(11-18(21)24-19(27)13-30-21)20(28)25-7-4-14(5-8-25)12-29-17-3-2-15(22)10-16(17)23/h2-3,10,14,18H,4-9,11-13H2,1H3,(H,24,27)/t18-,21+/m1/s1. The summed E-state index contributed by atoms with van der Waals surface area (Å²) in [6.07, 6.45) is 2.18. The van der Waals surface area contributed by atoms with Gasteiger partial charge in [0, 0.05) is 32.2 Å². The lowest BCUT2D eigenvalue weighted by Gasteiger charge is -2.49. The van der Waals surface area contributed by atoms with Gasteiger partial charge in [0.2, 0.25) is 5.91 Å². The summed E-state index contributed by atoms with van der Waals surface area (Å²) in [7, 11) is 0. The highest BCUT2D eigenvalue weighted by molar-refractivity contribution is 5.79. The number of carbonyl (C=O) groups excluding carboxylic acids is 2. The Morgan fingerprint density at radius 2 is 2.03 bits per heavy atom. The third-order valence-electron chi connectivity index (χ3n) is 6.41. The topological polar surface area (TPSA) is 71.1 Å². The molecule has 3 fully saturated rings. The van der Waals surface area contributed by atoms with Crippen LogP contribution in [0.4, 0.5) is 13.6 Å². The Bertz CT molecular complexity index is 815. The van der Waals surface area contributed by atoms with Crippen molar-refractivity contribution >= 4 is 11.9 Å². The number of hydrogen-bond acceptors (Lipinski definition) is 4. The predicted molar refractivity (Wildman–Crippen MR) is 104 cm³/mol. The number of halogens is 2. The van der Waals surface area contributed by atoms with Crippen LogP contribution in [0.15, 0.2) is 18.2 Å². The summed E-state index contributed by atoms with van der Waals surface area (Å²) in [4.78, 5) is 28.2. The van der Waals surface area contributed by atoms with Crippen molar-refractivity contribution in [1.82, 2.24) is 15.1 Å². The van der Waals surface area contributed by atoms with Gasteiger partial charge in [-0.1, -0.05) is 0 Å². The SMILES string of the molecule is C[C@]12CCN(C(=O)N3CCC(COc4ccc(F)cc4F)CC3)C[C@H]1NC(=O)CO2. The van der Waals surface area contributed by atoms with Gasteiger partial charge in [-0.2, -0.15) is 0 Å². The third-order valence-corrected chi connectivity index (χ3v) is 6.41. The van der Waals surface area contributed by atoms with Gasteiger partial charge >= 0.3 is 6.03 Å². The van der Waals surface area contributed by atoms with Crippen molar-refractivity contribution in [1.29, 1.82) is 0 Å².